The maximum atomic E-state index is 5.90. The lowest BCUT2D eigenvalue weighted by atomic mass is 10.3. The fourth-order valence-electron chi connectivity index (χ4n) is 2.45. The van der Waals surface area contributed by atoms with Gasteiger partial charge in [0, 0.05) is 50.5 Å². The number of aromatic amines is 1. The van der Waals surface area contributed by atoms with Crippen LogP contribution in [0.3, 0.4) is 0 Å². The number of H-pyrrole nitrogens is 1. The van der Waals surface area contributed by atoms with Crippen molar-refractivity contribution in [3.63, 3.8) is 0 Å². The molecule has 1 saturated heterocycles. The second-order valence-electron chi connectivity index (χ2n) is 4.89. The van der Waals surface area contributed by atoms with Gasteiger partial charge < -0.3 is 9.72 Å². The third kappa shape index (κ3) is 3.42. The van der Waals surface area contributed by atoms with Crippen LogP contribution in [-0.4, -0.2) is 50.4 Å². The molecule has 0 unspecified atom stereocenters. The topological polar surface area (TPSA) is 59.0 Å². The number of nitrogens with zero attached hydrogens (tertiary/aromatic N) is 4. The maximum Gasteiger partial charge on any atom is 0.0922 e. The van der Waals surface area contributed by atoms with Crippen LogP contribution >= 0.6 is 0 Å². The SMILES string of the molecule is c1cnn(C[C@@H]2CN(Cc3cnc[nH]3)CCCO2)c1. The van der Waals surface area contributed by atoms with Crippen LogP contribution in [0.2, 0.25) is 0 Å². The van der Waals surface area contributed by atoms with Crippen LogP contribution in [0, 0.1) is 0 Å². The molecular formula is C13H19N5O. The van der Waals surface area contributed by atoms with Gasteiger partial charge in [0.25, 0.3) is 0 Å². The third-order valence-corrected chi connectivity index (χ3v) is 3.33. The van der Waals surface area contributed by atoms with Crippen LogP contribution in [0.15, 0.2) is 31.0 Å². The maximum absolute atomic E-state index is 5.90. The van der Waals surface area contributed by atoms with Gasteiger partial charge in [-0.05, 0) is 12.5 Å². The fourth-order valence-corrected chi connectivity index (χ4v) is 2.45. The van der Waals surface area contributed by atoms with Gasteiger partial charge in [-0.2, -0.15) is 5.10 Å². The predicted octanol–water partition coefficient (Wildman–Crippen LogP) is 0.897. The number of hydrogen-bond acceptors (Lipinski definition) is 4. The molecule has 1 N–H and O–H groups in total. The first-order valence-corrected chi connectivity index (χ1v) is 6.69. The molecule has 2 aromatic rings. The van der Waals surface area contributed by atoms with Gasteiger partial charge in [0.1, 0.15) is 0 Å². The highest BCUT2D eigenvalue weighted by atomic mass is 16.5. The molecule has 102 valence electrons. The van der Waals surface area contributed by atoms with Crippen molar-refractivity contribution in [2.45, 2.75) is 25.6 Å². The summed E-state index contributed by atoms with van der Waals surface area (Å²) < 4.78 is 7.83. The first-order valence-electron chi connectivity index (χ1n) is 6.69. The molecule has 1 aliphatic heterocycles. The summed E-state index contributed by atoms with van der Waals surface area (Å²) in [5.74, 6) is 0. The Bertz CT molecular complexity index is 423. The quantitative estimate of drug-likeness (QED) is 0.888. The van der Waals surface area contributed by atoms with Crippen LogP contribution < -0.4 is 0 Å². The second kappa shape index (κ2) is 5.99. The summed E-state index contributed by atoms with van der Waals surface area (Å²) >= 11 is 0. The zero-order valence-corrected chi connectivity index (χ0v) is 10.9. The van der Waals surface area contributed by atoms with Crippen LogP contribution in [0.4, 0.5) is 0 Å². The largest absolute Gasteiger partial charge is 0.375 e. The number of hydrogen-bond donors (Lipinski definition) is 1. The Labute approximate surface area is 112 Å². The normalized spacial score (nSPS) is 21.4. The monoisotopic (exact) mass is 261 g/mol. The molecule has 1 aliphatic rings. The first-order chi connectivity index (χ1) is 9.40. The summed E-state index contributed by atoms with van der Waals surface area (Å²) in [5, 5.41) is 4.24. The minimum absolute atomic E-state index is 0.199. The lowest BCUT2D eigenvalue weighted by Gasteiger charge is -2.23. The standard InChI is InChI=1S/C13H19N5O/c1-3-16-18(5-1)10-13-9-17(4-2-6-19-13)8-12-7-14-11-15-12/h1,3,5,7,11,13H,2,4,6,8-10H2,(H,14,15)/t13-/m0/s1. The molecule has 0 bridgehead atoms. The van der Waals surface area contributed by atoms with Gasteiger partial charge in [0.05, 0.1) is 19.0 Å². The molecule has 19 heavy (non-hydrogen) atoms. The van der Waals surface area contributed by atoms with Crippen molar-refractivity contribution in [1.29, 1.82) is 0 Å². The highest BCUT2D eigenvalue weighted by Crippen LogP contribution is 2.10. The van der Waals surface area contributed by atoms with Crippen LogP contribution in [-0.2, 0) is 17.8 Å². The van der Waals surface area contributed by atoms with Gasteiger partial charge in [-0.25, -0.2) is 4.98 Å². The molecule has 0 radical (unpaired) electrons. The summed E-state index contributed by atoms with van der Waals surface area (Å²) in [6.45, 7) is 4.53. The molecule has 0 aromatic carbocycles. The molecule has 0 saturated carbocycles. The van der Waals surface area contributed by atoms with E-state index in [0.29, 0.717) is 0 Å². The molecule has 1 fully saturated rings. The van der Waals surface area contributed by atoms with Gasteiger partial charge >= 0.3 is 0 Å². The average Bonchev–Trinajstić information content (AvgIpc) is 3.03. The minimum Gasteiger partial charge on any atom is -0.375 e. The van der Waals surface area contributed by atoms with E-state index in [2.05, 4.69) is 20.0 Å². The molecule has 2 aromatic heterocycles. The zero-order chi connectivity index (χ0) is 12.9. The van der Waals surface area contributed by atoms with Gasteiger partial charge in [-0.1, -0.05) is 0 Å². The molecule has 0 amide bonds. The highest BCUT2D eigenvalue weighted by Gasteiger charge is 2.19. The van der Waals surface area contributed by atoms with E-state index in [-0.39, 0.29) is 6.10 Å². The minimum atomic E-state index is 0.199. The zero-order valence-electron chi connectivity index (χ0n) is 10.9. The van der Waals surface area contributed by atoms with E-state index in [9.17, 15) is 0 Å². The van der Waals surface area contributed by atoms with E-state index in [4.69, 9.17) is 4.74 Å². The van der Waals surface area contributed by atoms with Crippen LogP contribution in [0.25, 0.3) is 0 Å². The van der Waals surface area contributed by atoms with Crippen molar-refractivity contribution in [3.8, 4) is 0 Å². The van der Waals surface area contributed by atoms with Crippen molar-refractivity contribution in [3.05, 3.63) is 36.7 Å². The molecule has 1 atom stereocenters. The van der Waals surface area contributed by atoms with Crippen LogP contribution in [0.1, 0.15) is 12.1 Å². The number of aromatic nitrogens is 4. The first kappa shape index (κ1) is 12.4. The van der Waals surface area contributed by atoms with E-state index in [1.165, 1.54) is 0 Å². The average molecular weight is 261 g/mol. The van der Waals surface area contributed by atoms with Crippen molar-refractivity contribution < 1.29 is 4.74 Å². The van der Waals surface area contributed by atoms with Crippen molar-refractivity contribution in [2.75, 3.05) is 19.7 Å². The Balaban J connectivity index is 1.59. The van der Waals surface area contributed by atoms with Gasteiger partial charge in [0.15, 0.2) is 0 Å². The summed E-state index contributed by atoms with van der Waals surface area (Å²) in [5.41, 5.74) is 1.15. The van der Waals surface area contributed by atoms with Crippen LogP contribution in [0.5, 0.6) is 0 Å². The van der Waals surface area contributed by atoms with E-state index < -0.39 is 0 Å². The molecule has 0 spiro atoms. The molecular weight excluding hydrogens is 242 g/mol. The summed E-state index contributed by atoms with van der Waals surface area (Å²) in [7, 11) is 0. The summed E-state index contributed by atoms with van der Waals surface area (Å²) in [6, 6.07) is 1.94. The molecule has 3 heterocycles. The Morgan fingerprint density at radius 1 is 1.47 bits per heavy atom. The number of nitrogens with one attached hydrogen (secondary N) is 1. The van der Waals surface area contributed by atoms with Crippen molar-refractivity contribution in [2.24, 2.45) is 0 Å². The van der Waals surface area contributed by atoms with Gasteiger partial charge in [0.2, 0.25) is 0 Å². The van der Waals surface area contributed by atoms with Gasteiger partial charge in [-0.15, -0.1) is 0 Å². The lowest BCUT2D eigenvalue weighted by molar-refractivity contribution is 0.0390. The Hall–Kier alpha value is -1.66. The molecule has 6 heteroatoms. The Morgan fingerprint density at radius 3 is 3.26 bits per heavy atom. The number of ether oxygens (including phenoxy) is 1. The van der Waals surface area contributed by atoms with Gasteiger partial charge in [-0.3, -0.25) is 9.58 Å². The summed E-state index contributed by atoms with van der Waals surface area (Å²) in [6.07, 6.45) is 8.67. The highest BCUT2D eigenvalue weighted by molar-refractivity contribution is 4.94. The molecule has 3 rings (SSSR count). The Kier molecular flexibility index (Phi) is 3.90. The lowest BCUT2D eigenvalue weighted by Crippen LogP contribution is -2.34. The van der Waals surface area contributed by atoms with Crippen molar-refractivity contribution in [1.82, 2.24) is 24.6 Å². The predicted molar refractivity (Wildman–Crippen MR) is 70.4 cm³/mol. The number of imidazole rings is 1. The number of rotatable bonds is 4. The van der Waals surface area contributed by atoms with E-state index >= 15 is 0 Å². The Morgan fingerprint density at radius 2 is 2.47 bits per heavy atom. The van der Waals surface area contributed by atoms with E-state index in [1.54, 1.807) is 12.5 Å². The third-order valence-electron chi connectivity index (χ3n) is 3.33. The van der Waals surface area contributed by atoms with E-state index in [0.717, 1.165) is 44.9 Å². The molecule has 0 aliphatic carbocycles. The van der Waals surface area contributed by atoms with E-state index in [1.807, 2.05) is 23.1 Å². The molecule has 6 nitrogen and oxygen atoms in total. The summed E-state index contributed by atoms with van der Waals surface area (Å²) in [4.78, 5) is 9.63. The smallest absolute Gasteiger partial charge is 0.0922 e. The van der Waals surface area contributed by atoms with Crippen molar-refractivity contribution >= 4 is 0 Å². The second-order valence-corrected chi connectivity index (χ2v) is 4.89. The fraction of sp³-hybridized carbons (Fsp3) is 0.538.